The Morgan fingerprint density at radius 3 is 2.79 bits per heavy atom. The molecular weight excluding hydrogens is 490 g/mol. The summed E-state index contributed by atoms with van der Waals surface area (Å²) in [5.41, 5.74) is 0.319. The Kier molecular flexibility index (Phi) is 7.09. The zero-order valence-corrected chi connectivity index (χ0v) is 20.6. The quantitative estimate of drug-likeness (QED) is 0.358. The number of anilines is 1. The fraction of sp³-hybridized carbons (Fsp3) is 0.227. The van der Waals surface area contributed by atoms with Crippen LogP contribution in [0, 0.1) is 0 Å². The standard InChI is InChI=1S/C22H21N7O2S3/c1-29-10-8-15(12-29)31-14-2-4-16(5-3-14)33-17-6-7-18(34-22-24-13-25-28-22)26-19(17)20(30)27-21-23-9-11-32-21/h2-7,9,11,13,15H,8,10,12H2,1H3,(H,23,27,30)(H,24,25,28). The number of rotatable bonds is 8. The molecule has 4 heterocycles. The monoisotopic (exact) mass is 511 g/mol. The van der Waals surface area contributed by atoms with Crippen LogP contribution in [-0.4, -0.2) is 62.2 Å². The van der Waals surface area contributed by atoms with Crippen LogP contribution in [-0.2, 0) is 0 Å². The summed E-state index contributed by atoms with van der Waals surface area (Å²) in [5, 5.41) is 13.0. The van der Waals surface area contributed by atoms with Gasteiger partial charge in [0.25, 0.3) is 5.91 Å². The molecule has 34 heavy (non-hydrogen) atoms. The van der Waals surface area contributed by atoms with Gasteiger partial charge in [-0.3, -0.25) is 15.2 Å². The minimum absolute atomic E-state index is 0.225. The highest BCUT2D eigenvalue weighted by Crippen LogP contribution is 2.34. The van der Waals surface area contributed by atoms with Crippen LogP contribution in [0.15, 0.2) is 74.3 Å². The van der Waals surface area contributed by atoms with Gasteiger partial charge in [-0.05, 0) is 61.6 Å². The van der Waals surface area contributed by atoms with Gasteiger partial charge in [-0.25, -0.2) is 15.0 Å². The van der Waals surface area contributed by atoms with Crippen molar-refractivity contribution < 1.29 is 9.53 Å². The second-order valence-electron chi connectivity index (χ2n) is 7.54. The van der Waals surface area contributed by atoms with Crippen LogP contribution in [0.1, 0.15) is 16.9 Å². The number of nitrogens with zero attached hydrogens (tertiary/aromatic N) is 5. The molecule has 1 aromatic carbocycles. The van der Waals surface area contributed by atoms with Crippen LogP contribution in [0.3, 0.4) is 0 Å². The molecule has 0 spiro atoms. The second kappa shape index (κ2) is 10.6. The van der Waals surface area contributed by atoms with Crippen molar-refractivity contribution in [2.75, 3.05) is 25.5 Å². The Balaban J connectivity index is 1.34. The van der Waals surface area contributed by atoms with Crippen molar-refractivity contribution in [3.05, 3.63) is 60.0 Å². The van der Waals surface area contributed by atoms with Gasteiger partial charge in [-0.1, -0.05) is 11.8 Å². The summed E-state index contributed by atoms with van der Waals surface area (Å²) in [6, 6.07) is 11.7. The maximum absolute atomic E-state index is 13.1. The number of H-pyrrole nitrogens is 1. The van der Waals surface area contributed by atoms with E-state index in [1.807, 2.05) is 41.8 Å². The minimum atomic E-state index is -0.317. The van der Waals surface area contributed by atoms with E-state index in [0.29, 0.717) is 21.0 Å². The Morgan fingerprint density at radius 2 is 2.09 bits per heavy atom. The molecule has 12 heteroatoms. The molecule has 1 atom stereocenters. The highest BCUT2D eigenvalue weighted by atomic mass is 32.2. The molecule has 3 aromatic heterocycles. The van der Waals surface area contributed by atoms with Gasteiger partial charge < -0.3 is 9.64 Å². The normalized spacial score (nSPS) is 16.0. The average molecular weight is 512 g/mol. The lowest BCUT2D eigenvalue weighted by Gasteiger charge is -2.14. The van der Waals surface area contributed by atoms with Gasteiger partial charge in [-0.2, -0.15) is 5.10 Å². The van der Waals surface area contributed by atoms with Gasteiger partial charge in [0, 0.05) is 34.5 Å². The fourth-order valence-electron chi connectivity index (χ4n) is 3.41. The topological polar surface area (TPSA) is 109 Å². The maximum Gasteiger partial charge on any atom is 0.277 e. The SMILES string of the molecule is CN1CCC(Oc2ccc(Sc3ccc(Sc4ncn[nH]4)nc3C(=O)Nc3nccs3)cc2)C1. The predicted octanol–water partition coefficient (Wildman–Crippen LogP) is 4.29. The number of hydrogen-bond acceptors (Lipinski definition) is 10. The molecule has 1 unspecified atom stereocenters. The molecule has 1 fully saturated rings. The van der Waals surface area contributed by atoms with E-state index >= 15 is 0 Å². The zero-order chi connectivity index (χ0) is 23.3. The average Bonchev–Trinajstić information content (AvgIpc) is 3.61. The van der Waals surface area contributed by atoms with Crippen molar-refractivity contribution in [2.24, 2.45) is 0 Å². The van der Waals surface area contributed by atoms with Gasteiger partial charge >= 0.3 is 0 Å². The zero-order valence-electron chi connectivity index (χ0n) is 18.2. The molecule has 1 saturated heterocycles. The number of pyridine rings is 1. The predicted molar refractivity (Wildman–Crippen MR) is 132 cm³/mol. The van der Waals surface area contributed by atoms with Gasteiger partial charge in [0.2, 0.25) is 0 Å². The number of hydrogen-bond donors (Lipinski definition) is 2. The smallest absolute Gasteiger partial charge is 0.277 e. The molecular formula is C22H21N7O2S3. The highest BCUT2D eigenvalue weighted by Gasteiger charge is 2.21. The number of carbonyl (C=O) groups excluding carboxylic acids is 1. The van der Waals surface area contributed by atoms with Gasteiger partial charge in [0.1, 0.15) is 28.9 Å². The number of carbonyl (C=O) groups is 1. The van der Waals surface area contributed by atoms with E-state index in [2.05, 4.69) is 42.4 Å². The summed E-state index contributed by atoms with van der Waals surface area (Å²) in [6.07, 6.45) is 4.34. The summed E-state index contributed by atoms with van der Waals surface area (Å²) in [5.74, 6) is 0.533. The summed E-state index contributed by atoms with van der Waals surface area (Å²) >= 11 is 4.13. The van der Waals surface area contributed by atoms with Crippen LogP contribution in [0.2, 0.25) is 0 Å². The van der Waals surface area contributed by atoms with Gasteiger partial charge in [-0.15, -0.1) is 11.3 Å². The number of benzene rings is 1. The van der Waals surface area contributed by atoms with Crippen molar-refractivity contribution in [2.45, 2.75) is 32.5 Å². The highest BCUT2D eigenvalue weighted by molar-refractivity contribution is 7.99. The Morgan fingerprint density at radius 1 is 1.21 bits per heavy atom. The molecule has 0 saturated carbocycles. The molecule has 2 N–H and O–H groups in total. The van der Waals surface area contributed by atoms with Crippen molar-refractivity contribution in [3.8, 4) is 5.75 Å². The lowest BCUT2D eigenvalue weighted by Crippen LogP contribution is -2.21. The molecule has 0 radical (unpaired) electrons. The maximum atomic E-state index is 13.1. The Labute approximate surface area is 208 Å². The number of likely N-dealkylation sites (N-methyl/N-ethyl adjacent to an activating group) is 1. The molecule has 1 aliphatic rings. The first-order valence-electron chi connectivity index (χ1n) is 10.5. The molecule has 1 amide bonds. The first-order chi connectivity index (χ1) is 16.6. The number of likely N-dealkylation sites (tertiary alicyclic amines) is 1. The number of ether oxygens (including phenoxy) is 1. The minimum Gasteiger partial charge on any atom is -0.489 e. The van der Waals surface area contributed by atoms with Crippen LogP contribution < -0.4 is 10.1 Å². The third-order valence-electron chi connectivity index (χ3n) is 5.00. The molecule has 0 bridgehead atoms. The van der Waals surface area contributed by atoms with E-state index in [1.165, 1.54) is 41.2 Å². The fourth-order valence-corrected chi connectivity index (χ4v) is 5.50. The van der Waals surface area contributed by atoms with Crippen LogP contribution in [0.4, 0.5) is 5.13 Å². The van der Waals surface area contributed by atoms with Crippen molar-refractivity contribution in [3.63, 3.8) is 0 Å². The summed E-state index contributed by atoms with van der Waals surface area (Å²) < 4.78 is 6.09. The van der Waals surface area contributed by atoms with Crippen LogP contribution >= 0.6 is 34.9 Å². The molecule has 4 aromatic rings. The Hall–Kier alpha value is -2.93. The third kappa shape index (κ3) is 5.76. The van der Waals surface area contributed by atoms with E-state index in [1.54, 1.807) is 6.20 Å². The lowest BCUT2D eigenvalue weighted by atomic mass is 10.3. The number of amides is 1. The number of aromatic nitrogens is 5. The van der Waals surface area contributed by atoms with Crippen molar-refractivity contribution in [1.82, 2.24) is 30.0 Å². The van der Waals surface area contributed by atoms with E-state index in [-0.39, 0.29) is 12.0 Å². The summed E-state index contributed by atoms with van der Waals surface area (Å²) in [4.78, 5) is 29.9. The molecule has 174 valence electrons. The van der Waals surface area contributed by atoms with E-state index < -0.39 is 0 Å². The Bertz CT molecular complexity index is 1230. The van der Waals surface area contributed by atoms with Gasteiger partial charge in [0.15, 0.2) is 10.3 Å². The number of aromatic amines is 1. The molecule has 9 nitrogen and oxygen atoms in total. The number of thiazole rings is 1. The van der Waals surface area contributed by atoms with Gasteiger partial charge in [0.05, 0.1) is 0 Å². The molecule has 0 aliphatic carbocycles. The molecule has 1 aliphatic heterocycles. The molecule has 5 rings (SSSR count). The van der Waals surface area contributed by atoms with E-state index in [0.717, 1.165) is 35.1 Å². The first-order valence-corrected chi connectivity index (χ1v) is 13.0. The second-order valence-corrected chi connectivity index (χ2v) is 10.6. The van der Waals surface area contributed by atoms with E-state index in [4.69, 9.17) is 4.74 Å². The van der Waals surface area contributed by atoms with Crippen LogP contribution in [0.5, 0.6) is 5.75 Å². The third-order valence-corrected chi connectivity index (χ3v) is 7.57. The number of nitrogens with one attached hydrogen (secondary N) is 2. The first kappa shape index (κ1) is 22.8. The summed E-state index contributed by atoms with van der Waals surface area (Å²) in [7, 11) is 2.11. The van der Waals surface area contributed by atoms with Crippen molar-refractivity contribution >= 4 is 45.9 Å². The summed E-state index contributed by atoms with van der Waals surface area (Å²) in [6.45, 7) is 2.00. The lowest BCUT2D eigenvalue weighted by molar-refractivity contribution is 0.101. The largest absolute Gasteiger partial charge is 0.489 e. The van der Waals surface area contributed by atoms with Crippen LogP contribution in [0.25, 0.3) is 0 Å². The van der Waals surface area contributed by atoms with Crippen molar-refractivity contribution in [1.29, 1.82) is 0 Å². The van der Waals surface area contributed by atoms with E-state index in [9.17, 15) is 4.79 Å².